The summed E-state index contributed by atoms with van der Waals surface area (Å²) in [4.78, 5) is 0. The molecule has 3 nitrogen and oxygen atoms in total. The van der Waals surface area contributed by atoms with Crippen LogP contribution in [0.4, 0.5) is 0 Å². The lowest BCUT2D eigenvalue weighted by molar-refractivity contribution is 0.200. The number of fused-ring (bicyclic) bond motifs is 1. The summed E-state index contributed by atoms with van der Waals surface area (Å²) < 4.78 is 5.60. The number of benzene rings is 2. The summed E-state index contributed by atoms with van der Waals surface area (Å²) in [5, 5.41) is 14.6. The van der Waals surface area contributed by atoms with Crippen LogP contribution < -0.4 is 10.1 Å². The molecule has 0 saturated heterocycles. The van der Waals surface area contributed by atoms with Crippen LogP contribution in [0.1, 0.15) is 12.5 Å². The Labute approximate surface area is 107 Å². The second-order valence-electron chi connectivity index (χ2n) is 4.12. The predicted octanol–water partition coefficient (Wildman–Crippen LogP) is 2.32. The van der Waals surface area contributed by atoms with Crippen LogP contribution >= 0.6 is 0 Å². The van der Waals surface area contributed by atoms with Crippen molar-refractivity contribution >= 4 is 10.8 Å². The number of aliphatic hydroxyl groups excluding tert-OH is 1. The first kappa shape index (κ1) is 12.9. The molecule has 2 N–H and O–H groups in total. The van der Waals surface area contributed by atoms with E-state index >= 15 is 0 Å². The van der Waals surface area contributed by atoms with E-state index < -0.39 is 0 Å². The molecule has 18 heavy (non-hydrogen) atoms. The zero-order valence-electron chi connectivity index (χ0n) is 10.6. The summed E-state index contributed by atoms with van der Waals surface area (Å²) in [6.07, 6.45) is 0. The smallest absolute Gasteiger partial charge is 0.124 e. The van der Waals surface area contributed by atoms with Crippen molar-refractivity contribution in [1.29, 1.82) is 0 Å². The van der Waals surface area contributed by atoms with Crippen LogP contribution in [0.2, 0.25) is 0 Å². The molecule has 0 unspecified atom stereocenters. The molecule has 0 radical (unpaired) electrons. The number of nitrogens with one attached hydrogen (secondary N) is 1. The van der Waals surface area contributed by atoms with Gasteiger partial charge in [-0.2, -0.15) is 0 Å². The lowest BCUT2D eigenvalue weighted by Crippen LogP contribution is -2.14. The van der Waals surface area contributed by atoms with Crippen LogP contribution in [-0.2, 0) is 6.54 Å². The van der Waals surface area contributed by atoms with Gasteiger partial charge in [-0.25, -0.2) is 0 Å². The molecule has 2 rings (SSSR count). The number of hydrogen-bond donors (Lipinski definition) is 2. The molecule has 0 aliphatic heterocycles. The highest BCUT2D eigenvalue weighted by Crippen LogP contribution is 2.28. The van der Waals surface area contributed by atoms with E-state index in [-0.39, 0.29) is 6.61 Å². The summed E-state index contributed by atoms with van der Waals surface area (Å²) in [7, 11) is 0. The number of rotatable bonds is 6. The second kappa shape index (κ2) is 6.38. The van der Waals surface area contributed by atoms with Gasteiger partial charge in [0.25, 0.3) is 0 Å². The van der Waals surface area contributed by atoms with Gasteiger partial charge in [-0.3, -0.25) is 0 Å². The molecule has 3 heteroatoms. The normalized spacial score (nSPS) is 10.8. The first-order valence-electron chi connectivity index (χ1n) is 6.31. The van der Waals surface area contributed by atoms with Crippen molar-refractivity contribution in [2.45, 2.75) is 13.5 Å². The Kier molecular flexibility index (Phi) is 4.56. The Balaban J connectivity index is 2.41. The van der Waals surface area contributed by atoms with Crippen molar-refractivity contribution < 1.29 is 9.84 Å². The van der Waals surface area contributed by atoms with Gasteiger partial charge in [0.1, 0.15) is 12.4 Å². The largest absolute Gasteiger partial charge is 0.491 e. The fourth-order valence-corrected chi connectivity index (χ4v) is 2.04. The quantitative estimate of drug-likeness (QED) is 0.820. The number of ether oxygens (including phenoxy) is 1. The molecule has 0 bridgehead atoms. The Morgan fingerprint density at radius 3 is 2.78 bits per heavy atom. The monoisotopic (exact) mass is 245 g/mol. The summed E-state index contributed by atoms with van der Waals surface area (Å²) in [5.74, 6) is 0.851. The molecule has 2 aromatic carbocycles. The van der Waals surface area contributed by atoms with Crippen molar-refractivity contribution in [3.8, 4) is 5.75 Å². The standard InChI is InChI=1S/C15H19NO2/c1-2-16-11-14-13-6-4-3-5-12(13)7-8-15(14)18-10-9-17/h3-8,16-17H,2,9-11H2,1H3. The maximum Gasteiger partial charge on any atom is 0.124 e. The molecule has 0 aliphatic rings. The summed E-state index contributed by atoms with van der Waals surface area (Å²) in [5.41, 5.74) is 1.16. The van der Waals surface area contributed by atoms with Gasteiger partial charge in [0.2, 0.25) is 0 Å². The van der Waals surface area contributed by atoms with E-state index in [4.69, 9.17) is 9.84 Å². The average Bonchev–Trinajstić information content (AvgIpc) is 2.43. The van der Waals surface area contributed by atoms with E-state index in [0.29, 0.717) is 6.61 Å². The van der Waals surface area contributed by atoms with E-state index in [1.54, 1.807) is 0 Å². The highest BCUT2D eigenvalue weighted by Gasteiger charge is 2.08. The third-order valence-corrected chi connectivity index (χ3v) is 2.90. The molecule has 2 aromatic rings. The van der Waals surface area contributed by atoms with E-state index in [1.807, 2.05) is 18.2 Å². The molecule has 0 aromatic heterocycles. The summed E-state index contributed by atoms with van der Waals surface area (Å²) in [6.45, 7) is 4.14. The molecule has 96 valence electrons. The average molecular weight is 245 g/mol. The van der Waals surface area contributed by atoms with Crippen LogP contribution in [0.15, 0.2) is 36.4 Å². The molecule has 0 atom stereocenters. The molecule has 0 spiro atoms. The SMILES string of the molecule is CCNCc1c(OCCO)ccc2ccccc12. The van der Waals surface area contributed by atoms with Crippen LogP contribution in [-0.4, -0.2) is 24.9 Å². The van der Waals surface area contributed by atoms with Crippen LogP contribution in [0.3, 0.4) is 0 Å². The van der Waals surface area contributed by atoms with Crippen LogP contribution in [0.25, 0.3) is 10.8 Å². The Hall–Kier alpha value is -1.58. The summed E-state index contributed by atoms with van der Waals surface area (Å²) >= 11 is 0. The molecule has 0 amide bonds. The van der Waals surface area contributed by atoms with Crippen molar-refractivity contribution in [2.24, 2.45) is 0 Å². The maximum absolute atomic E-state index is 8.87. The van der Waals surface area contributed by atoms with Crippen LogP contribution in [0.5, 0.6) is 5.75 Å². The van der Waals surface area contributed by atoms with E-state index in [1.165, 1.54) is 10.8 Å². The predicted molar refractivity (Wildman–Crippen MR) is 73.9 cm³/mol. The van der Waals surface area contributed by atoms with E-state index in [9.17, 15) is 0 Å². The fraction of sp³-hybridized carbons (Fsp3) is 0.333. The van der Waals surface area contributed by atoms with Gasteiger partial charge in [0, 0.05) is 12.1 Å². The first-order chi connectivity index (χ1) is 8.86. The topological polar surface area (TPSA) is 41.5 Å². The minimum absolute atomic E-state index is 0.0352. The Morgan fingerprint density at radius 2 is 2.00 bits per heavy atom. The minimum atomic E-state index is 0.0352. The maximum atomic E-state index is 8.87. The van der Waals surface area contributed by atoms with Gasteiger partial charge < -0.3 is 15.2 Å². The lowest BCUT2D eigenvalue weighted by Gasteiger charge is -2.14. The van der Waals surface area contributed by atoms with Gasteiger partial charge in [0.15, 0.2) is 0 Å². The zero-order chi connectivity index (χ0) is 12.8. The highest BCUT2D eigenvalue weighted by molar-refractivity contribution is 5.87. The van der Waals surface area contributed by atoms with Gasteiger partial charge in [-0.1, -0.05) is 37.3 Å². The van der Waals surface area contributed by atoms with E-state index in [2.05, 4.69) is 30.4 Å². The summed E-state index contributed by atoms with van der Waals surface area (Å²) in [6, 6.07) is 12.3. The van der Waals surface area contributed by atoms with Crippen molar-refractivity contribution in [3.05, 3.63) is 42.0 Å². The number of aliphatic hydroxyl groups is 1. The third-order valence-electron chi connectivity index (χ3n) is 2.90. The van der Waals surface area contributed by atoms with Gasteiger partial charge >= 0.3 is 0 Å². The van der Waals surface area contributed by atoms with Gasteiger partial charge in [-0.15, -0.1) is 0 Å². The highest BCUT2D eigenvalue weighted by atomic mass is 16.5. The lowest BCUT2D eigenvalue weighted by atomic mass is 10.0. The van der Waals surface area contributed by atoms with Crippen molar-refractivity contribution in [3.63, 3.8) is 0 Å². The molecule has 0 heterocycles. The van der Waals surface area contributed by atoms with Crippen molar-refractivity contribution in [1.82, 2.24) is 5.32 Å². The Morgan fingerprint density at radius 1 is 1.17 bits per heavy atom. The van der Waals surface area contributed by atoms with E-state index in [0.717, 1.165) is 24.4 Å². The molecule has 0 aliphatic carbocycles. The molecular weight excluding hydrogens is 226 g/mol. The van der Waals surface area contributed by atoms with Gasteiger partial charge in [0.05, 0.1) is 6.61 Å². The number of hydrogen-bond acceptors (Lipinski definition) is 3. The third kappa shape index (κ3) is 2.81. The van der Waals surface area contributed by atoms with Gasteiger partial charge in [-0.05, 0) is 23.4 Å². The minimum Gasteiger partial charge on any atom is -0.491 e. The zero-order valence-corrected chi connectivity index (χ0v) is 10.6. The second-order valence-corrected chi connectivity index (χ2v) is 4.12. The fourth-order valence-electron chi connectivity index (χ4n) is 2.04. The molecule has 0 saturated carbocycles. The molecule has 0 fully saturated rings. The first-order valence-corrected chi connectivity index (χ1v) is 6.31. The van der Waals surface area contributed by atoms with Crippen LogP contribution in [0, 0.1) is 0 Å². The molecular formula is C15H19NO2. The Bertz CT molecular complexity index is 511. The van der Waals surface area contributed by atoms with Crippen molar-refractivity contribution in [2.75, 3.05) is 19.8 Å².